The fourth-order valence-electron chi connectivity index (χ4n) is 2.59. The molecule has 0 aromatic rings. The predicted molar refractivity (Wildman–Crippen MR) is 65.9 cm³/mol. The second kappa shape index (κ2) is 4.80. The summed E-state index contributed by atoms with van der Waals surface area (Å²) in [4.78, 5) is 2.59. The molecule has 1 aliphatic heterocycles. The molecule has 1 aliphatic carbocycles. The molecule has 0 fully saturated rings. The lowest BCUT2D eigenvalue weighted by molar-refractivity contribution is 0.285. The van der Waals surface area contributed by atoms with Crippen molar-refractivity contribution >= 4 is 0 Å². The van der Waals surface area contributed by atoms with Crippen LogP contribution in [0.5, 0.6) is 0 Å². The Morgan fingerprint density at radius 3 is 3.07 bits per heavy atom. The van der Waals surface area contributed by atoms with Crippen LogP contribution in [0.1, 0.15) is 33.1 Å². The third-order valence-corrected chi connectivity index (χ3v) is 3.38. The first-order chi connectivity index (χ1) is 7.31. The molecule has 0 N–H and O–H groups in total. The third kappa shape index (κ3) is 2.40. The maximum atomic E-state index is 2.59. The van der Waals surface area contributed by atoms with Gasteiger partial charge in [0.25, 0.3) is 0 Å². The first kappa shape index (κ1) is 10.7. The number of hydrogen-bond acceptors (Lipinski definition) is 1. The van der Waals surface area contributed by atoms with E-state index in [0.29, 0.717) is 0 Å². The fourth-order valence-corrected chi connectivity index (χ4v) is 2.59. The SMILES string of the molecule is CCCN1CCC2=C(CC=CC=C2C)C1. The van der Waals surface area contributed by atoms with Gasteiger partial charge in [0, 0.05) is 13.1 Å². The standard InChI is InChI=1S/C14H21N/c1-3-9-15-10-8-14-12(2)6-4-5-7-13(14)11-15/h4-6H,3,7-11H2,1-2H3. The lowest BCUT2D eigenvalue weighted by Gasteiger charge is -2.30. The van der Waals surface area contributed by atoms with Gasteiger partial charge in [0.05, 0.1) is 0 Å². The molecule has 0 aromatic carbocycles. The summed E-state index contributed by atoms with van der Waals surface area (Å²) in [5, 5.41) is 0. The van der Waals surface area contributed by atoms with Gasteiger partial charge >= 0.3 is 0 Å². The van der Waals surface area contributed by atoms with Crippen molar-refractivity contribution in [3.05, 3.63) is 34.9 Å². The van der Waals surface area contributed by atoms with Gasteiger partial charge in [-0.3, -0.25) is 4.90 Å². The highest BCUT2D eigenvalue weighted by Crippen LogP contribution is 2.28. The molecule has 0 amide bonds. The van der Waals surface area contributed by atoms with E-state index < -0.39 is 0 Å². The molecule has 0 bridgehead atoms. The largest absolute Gasteiger partial charge is 0.299 e. The summed E-state index contributed by atoms with van der Waals surface area (Å²) in [5.74, 6) is 0. The van der Waals surface area contributed by atoms with Gasteiger partial charge in [-0.05, 0) is 49.5 Å². The minimum absolute atomic E-state index is 1.16. The molecule has 0 aromatic heterocycles. The van der Waals surface area contributed by atoms with Crippen LogP contribution in [0.2, 0.25) is 0 Å². The third-order valence-electron chi connectivity index (χ3n) is 3.38. The molecule has 0 unspecified atom stereocenters. The van der Waals surface area contributed by atoms with Crippen molar-refractivity contribution in [3.63, 3.8) is 0 Å². The van der Waals surface area contributed by atoms with Gasteiger partial charge in [0.15, 0.2) is 0 Å². The van der Waals surface area contributed by atoms with Crippen molar-refractivity contribution in [1.82, 2.24) is 4.90 Å². The highest BCUT2D eigenvalue weighted by atomic mass is 15.1. The molecule has 0 saturated carbocycles. The van der Waals surface area contributed by atoms with E-state index in [1.807, 2.05) is 0 Å². The number of allylic oxidation sites excluding steroid dienone is 4. The van der Waals surface area contributed by atoms with Crippen molar-refractivity contribution in [2.45, 2.75) is 33.1 Å². The molecule has 1 heterocycles. The molecule has 1 heteroatoms. The lowest BCUT2D eigenvalue weighted by Crippen LogP contribution is -2.32. The number of hydrogen-bond donors (Lipinski definition) is 0. The summed E-state index contributed by atoms with van der Waals surface area (Å²) in [6, 6.07) is 0. The fraction of sp³-hybridized carbons (Fsp3) is 0.571. The van der Waals surface area contributed by atoms with Crippen LogP contribution in [-0.2, 0) is 0 Å². The molecule has 2 rings (SSSR count). The smallest absolute Gasteiger partial charge is 0.0202 e. The minimum atomic E-state index is 1.16. The molecular formula is C14H21N. The van der Waals surface area contributed by atoms with Gasteiger partial charge in [-0.15, -0.1) is 0 Å². The lowest BCUT2D eigenvalue weighted by atomic mass is 9.93. The second-order valence-electron chi connectivity index (χ2n) is 4.59. The van der Waals surface area contributed by atoms with E-state index in [1.165, 1.54) is 38.0 Å². The van der Waals surface area contributed by atoms with E-state index in [1.54, 1.807) is 11.1 Å². The quantitative estimate of drug-likeness (QED) is 0.665. The van der Waals surface area contributed by atoms with Gasteiger partial charge in [0.1, 0.15) is 0 Å². The first-order valence-corrected chi connectivity index (χ1v) is 6.08. The maximum absolute atomic E-state index is 2.59. The van der Waals surface area contributed by atoms with Gasteiger partial charge in [-0.2, -0.15) is 0 Å². The van der Waals surface area contributed by atoms with Crippen molar-refractivity contribution < 1.29 is 0 Å². The van der Waals surface area contributed by atoms with Gasteiger partial charge in [-0.25, -0.2) is 0 Å². The normalized spacial score (nSPS) is 22.4. The Morgan fingerprint density at radius 1 is 1.40 bits per heavy atom. The minimum Gasteiger partial charge on any atom is -0.299 e. The molecule has 15 heavy (non-hydrogen) atoms. The highest BCUT2D eigenvalue weighted by Gasteiger charge is 2.18. The second-order valence-corrected chi connectivity index (χ2v) is 4.59. The highest BCUT2D eigenvalue weighted by molar-refractivity contribution is 5.41. The van der Waals surface area contributed by atoms with Crippen LogP contribution < -0.4 is 0 Å². The zero-order valence-electron chi connectivity index (χ0n) is 9.92. The summed E-state index contributed by atoms with van der Waals surface area (Å²) >= 11 is 0. The Kier molecular flexibility index (Phi) is 3.42. The van der Waals surface area contributed by atoms with Crippen LogP contribution in [0.15, 0.2) is 34.9 Å². The molecule has 82 valence electrons. The zero-order chi connectivity index (χ0) is 10.7. The molecule has 0 atom stereocenters. The van der Waals surface area contributed by atoms with E-state index >= 15 is 0 Å². The Balaban J connectivity index is 2.14. The Morgan fingerprint density at radius 2 is 2.27 bits per heavy atom. The van der Waals surface area contributed by atoms with Crippen LogP contribution in [0.4, 0.5) is 0 Å². The summed E-state index contributed by atoms with van der Waals surface area (Å²) in [6.07, 6.45) is 10.4. The average molecular weight is 203 g/mol. The van der Waals surface area contributed by atoms with Gasteiger partial charge < -0.3 is 0 Å². The topological polar surface area (TPSA) is 3.24 Å². The summed E-state index contributed by atoms with van der Waals surface area (Å²) in [6.45, 7) is 8.21. The molecule has 0 saturated heterocycles. The van der Waals surface area contributed by atoms with Crippen LogP contribution >= 0.6 is 0 Å². The van der Waals surface area contributed by atoms with E-state index in [9.17, 15) is 0 Å². The van der Waals surface area contributed by atoms with E-state index in [4.69, 9.17) is 0 Å². The van der Waals surface area contributed by atoms with Crippen molar-refractivity contribution in [3.8, 4) is 0 Å². The number of nitrogens with zero attached hydrogens (tertiary/aromatic N) is 1. The van der Waals surface area contributed by atoms with Gasteiger partial charge in [-0.1, -0.05) is 25.2 Å². The predicted octanol–water partition coefficient (Wildman–Crippen LogP) is 3.30. The van der Waals surface area contributed by atoms with Crippen LogP contribution in [0.25, 0.3) is 0 Å². The monoisotopic (exact) mass is 203 g/mol. The number of rotatable bonds is 2. The van der Waals surface area contributed by atoms with Crippen molar-refractivity contribution in [2.24, 2.45) is 0 Å². The Hall–Kier alpha value is -0.820. The molecule has 1 nitrogen and oxygen atoms in total. The van der Waals surface area contributed by atoms with Crippen molar-refractivity contribution in [1.29, 1.82) is 0 Å². The molecule has 2 aliphatic rings. The molecule has 0 spiro atoms. The van der Waals surface area contributed by atoms with Gasteiger partial charge in [0.2, 0.25) is 0 Å². The van der Waals surface area contributed by atoms with Crippen molar-refractivity contribution in [2.75, 3.05) is 19.6 Å². The summed E-state index contributed by atoms with van der Waals surface area (Å²) < 4.78 is 0. The van der Waals surface area contributed by atoms with Crippen LogP contribution in [-0.4, -0.2) is 24.5 Å². The molecule has 0 radical (unpaired) electrons. The Bertz CT molecular complexity index is 320. The molecular weight excluding hydrogens is 182 g/mol. The summed E-state index contributed by atoms with van der Waals surface area (Å²) in [7, 11) is 0. The van der Waals surface area contributed by atoms with Crippen LogP contribution in [0.3, 0.4) is 0 Å². The van der Waals surface area contributed by atoms with E-state index in [-0.39, 0.29) is 0 Å². The zero-order valence-corrected chi connectivity index (χ0v) is 9.92. The average Bonchev–Trinajstić information content (AvgIpc) is 2.41. The Labute approximate surface area is 93.2 Å². The first-order valence-electron chi connectivity index (χ1n) is 6.08. The van der Waals surface area contributed by atoms with E-state index in [0.717, 1.165) is 6.42 Å². The van der Waals surface area contributed by atoms with Crippen LogP contribution in [0, 0.1) is 0 Å². The summed E-state index contributed by atoms with van der Waals surface area (Å²) in [5.41, 5.74) is 4.76. The maximum Gasteiger partial charge on any atom is 0.0202 e. The van der Waals surface area contributed by atoms with E-state index in [2.05, 4.69) is 37.0 Å².